The van der Waals surface area contributed by atoms with Crippen molar-refractivity contribution in [2.24, 2.45) is 4.99 Å². The number of aliphatic hydroxyl groups is 1. The van der Waals surface area contributed by atoms with Crippen LogP contribution in [0, 0.1) is 13.8 Å². The predicted octanol–water partition coefficient (Wildman–Crippen LogP) is 5.12. The number of thiazole rings is 1. The number of nitrogens with zero attached hydrogens (tertiary/aromatic N) is 3. The van der Waals surface area contributed by atoms with Gasteiger partial charge >= 0.3 is 0 Å². The highest BCUT2D eigenvalue weighted by atomic mass is 32.1. The van der Waals surface area contributed by atoms with Gasteiger partial charge in [-0.2, -0.15) is 0 Å². The fraction of sp³-hybridized carbons (Fsp3) is 0.304. The topological polar surface area (TPSA) is 48.7 Å². The van der Waals surface area contributed by atoms with Crippen LogP contribution in [0.5, 0.6) is 0 Å². The van der Waals surface area contributed by atoms with Gasteiger partial charge in [0.05, 0.1) is 29.3 Å². The van der Waals surface area contributed by atoms with Crippen molar-refractivity contribution in [3.63, 3.8) is 0 Å². The number of hydrogen-bond donors (Lipinski definition) is 1. The number of rotatable bonds is 7. The summed E-state index contributed by atoms with van der Waals surface area (Å²) < 4.78 is 0. The first-order valence-electron chi connectivity index (χ1n) is 9.49. The van der Waals surface area contributed by atoms with Gasteiger partial charge in [0.2, 0.25) is 0 Å². The molecule has 1 heterocycles. The van der Waals surface area contributed by atoms with E-state index in [9.17, 15) is 5.11 Å². The maximum Gasteiger partial charge on any atom is 0.0976 e. The Balaban J connectivity index is 1.77. The molecule has 5 heteroatoms. The summed E-state index contributed by atoms with van der Waals surface area (Å²) in [5.41, 5.74) is 7.71. The largest absolute Gasteiger partial charge is 0.392 e. The highest BCUT2D eigenvalue weighted by molar-refractivity contribution is 7.10. The summed E-state index contributed by atoms with van der Waals surface area (Å²) >= 11 is 1.69. The molecule has 0 aliphatic carbocycles. The van der Waals surface area contributed by atoms with E-state index in [-0.39, 0.29) is 6.61 Å². The summed E-state index contributed by atoms with van der Waals surface area (Å²) in [4.78, 5) is 11.5. The second-order valence-electron chi connectivity index (χ2n) is 7.04. The highest BCUT2D eigenvalue weighted by Crippen LogP contribution is 2.28. The minimum atomic E-state index is 0.0655. The number of benzene rings is 2. The average Bonchev–Trinajstić information content (AvgIpc) is 3.17. The van der Waals surface area contributed by atoms with E-state index in [4.69, 9.17) is 4.98 Å². The van der Waals surface area contributed by atoms with Gasteiger partial charge in [0.1, 0.15) is 0 Å². The molecule has 4 nitrogen and oxygen atoms in total. The van der Waals surface area contributed by atoms with Gasteiger partial charge < -0.3 is 10.0 Å². The molecule has 0 radical (unpaired) electrons. The van der Waals surface area contributed by atoms with E-state index in [0.717, 1.165) is 40.5 Å². The summed E-state index contributed by atoms with van der Waals surface area (Å²) in [6, 6.07) is 12.3. The third-order valence-corrected chi connectivity index (χ3v) is 5.72. The second kappa shape index (κ2) is 9.13. The van der Waals surface area contributed by atoms with Crippen molar-refractivity contribution in [2.75, 3.05) is 13.6 Å². The molecule has 0 atom stereocenters. The minimum absolute atomic E-state index is 0.0655. The van der Waals surface area contributed by atoms with Crippen LogP contribution in [0.4, 0.5) is 5.69 Å². The monoisotopic (exact) mass is 393 g/mol. The molecular weight excluding hydrogens is 366 g/mol. The van der Waals surface area contributed by atoms with Crippen LogP contribution in [-0.2, 0) is 13.0 Å². The van der Waals surface area contributed by atoms with Crippen molar-refractivity contribution in [3.05, 3.63) is 69.0 Å². The van der Waals surface area contributed by atoms with Crippen LogP contribution in [0.25, 0.3) is 11.3 Å². The van der Waals surface area contributed by atoms with Crippen LogP contribution in [0.1, 0.15) is 34.2 Å². The smallest absolute Gasteiger partial charge is 0.0976 e. The van der Waals surface area contributed by atoms with Crippen molar-refractivity contribution in [3.8, 4) is 11.3 Å². The van der Waals surface area contributed by atoms with E-state index in [0.29, 0.717) is 0 Å². The fourth-order valence-corrected chi connectivity index (χ4v) is 3.73. The molecule has 1 N–H and O–H groups in total. The first-order chi connectivity index (χ1) is 13.5. The van der Waals surface area contributed by atoms with Crippen molar-refractivity contribution < 1.29 is 5.11 Å². The number of aliphatic hydroxyl groups excluding tert-OH is 1. The van der Waals surface area contributed by atoms with Crippen molar-refractivity contribution in [2.45, 2.75) is 33.8 Å². The second-order valence-corrected chi connectivity index (χ2v) is 7.98. The van der Waals surface area contributed by atoms with Crippen LogP contribution in [-0.4, -0.2) is 34.9 Å². The Kier molecular flexibility index (Phi) is 6.60. The highest BCUT2D eigenvalue weighted by Gasteiger charge is 2.09. The summed E-state index contributed by atoms with van der Waals surface area (Å²) in [6.45, 7) is 7.36. The summed E-state index contributed by atoms with van der Waals surface area (Å²) in [6.07, 6.45) is 2.71. The molecule has 146 valence electrons. The van der Waals surface area contributed by atoms with Crippen LogP contribution in [0.15, 0.2) is 46.8 Å². The van der Waals surface area contributed by atoms with E-state index >= 15 is 0 Å². The van der Waals surface area contributed by atoms with Gasteiger partial charge in [-0.05, 0) is 49.1 Å². The molecule has 3 rings (SSSR count). The average molecular weight is 394 g/mol. The molecule has 0 aliphatic rings. The van der Waals surface area contributed by atoms with Gasteiger partial charge in [-0.25, -0.2) is 9.98 Å². The fourth-order valence-electron chi connectivity index (χ4n) is 2.90. The van der Waals surface area contributed by atoms with E-state index in [1.54, 1.807) is 11.3 Å². The lowest BCUT2D eigenvalue weighted by Crippen LogP contribution is -2.14. The Bertz CT molecular complexity index is 960. The summed E-state index contributed by atoms with van der Waals surface area (Å²) in [7, 11) is 2.03. The lowest BCUT2D eigenvalue weighted by molar-refractivity contribution is 0.282. The van der Waals surface area contributed by atoms with Gasteiger partial charge in [-0.3, -0.25) is 0 Å². The van der Waals surface area contributed by atoms with Crippen LogP contribution in [0.3, 0.4) is 0 Å². The normalized spacial score (nSPS) is 11.3. The molecule has 3 aromatic rings. The van der Waals surface area contributed by atoms with E-state index in [1.807, 2.05) is 37.7 Å². The molecule has 0 unspecified atom stereocenters. The molecule has 0 bridgehead atoms. The molecule has 0 spiro atoms. The molecule has 0 amide bonds. The molecule has 1 aromatic heterocycles. The summed E-state index contributed by atoms with van der Waals surface area (Å²) in [5, 5.41) is 12.4. The number of aliphatic imine (C=N–C) groups is 1. The molecule has 0 saturated heterocycles. The quantitative estimate of drug-likeness (QED) is 0.448. The predicted molar refractivity (Wildman–Crippen MR) is 119 cm³/mol. The first kappa shape index (κ1) is 20.2. The zero-order valence-electron chi connectivity index (χ0n) is 16.9. The van der Waals surface area contributed by atoms with E-state index in [1.165, 1.54) is 16.7 Å². The molecule has 0 saturated carbocycles. The zero-order chi connectivity index (χ0) is 20.1. The van der Waals surface area contributed by atoms with Crippen LogP contribution in [0.2, 0.25) is 0 Å². The molecular formula is C23H27N3OS. The zero-order valence-corrected chi connectivity index (χ0v) is 17.8. The molecule has 0 fully saturated rings. The van der Waals surface area contributed by atoms with Crippen molar-refractivity contribution >= 4 is 23.4 Å². The molecule has 0 aliphatic heterocycles. The standard InChI is InChI=1S/C23H27N3OS/c1-5-26(4)15-24-21-11-16(2)20(10-17(21)3)12-23-25-22(14-28-23)19-8-6-18(13-27)7-9-19/h6-11,14-15,27H,5,12-13H2,1-4H3. The Morgan fingerprint density at radius 1 is 1.14 bits per heavy atom. The lowest BCUT2D eigenvalue weighted by Gasteiger charge is -2.11. The van der Waals surface area contributed by atoms with Gasteiger partial charge in [-0.15, -0.1) is 11.3 Å². The minimum Gasteiger partial charge on any atom is -0.392 e. The third-order valence-electron chi connectivity index (χ3n) is 4.87. The van der Waals surface area contributed by atoms with Crippen LogP contribution < -0.4 is 0 Å². The SMILES string of the molecule is CCN(C)C=Nc1cc(C)c(Cc2nc(-c3ccc(CO)cc3)cs2)cc1C. The Labute approximate surface area is 171 Å². The van der Waals surface area contributed by atoms with Crippen molar-refractivity contribution in [1.82, 2.24) is 9.88 Å². The van der Waals surface area contributed by atoms with Gasteiger partial charge in [-0.1, -0.05) is 30.3 Å². The van der Waals surface area contributed by atoms with Crippen molar-refractivity contribution in [1.29, 1.82) is 0 Å². The Morgan fingerprint density at radius 3 is 2.57 bits per heavy atom. The lowest BCUT2D eigenvalue weighted by atomic mass is 10.0. The maximum atomic E-state index is 9.18. The van der Waals surface area contributed by atoms with E-state index in [2.05, 4.69) is 48.2 Å². The molecule has 2 aromatic carbocycles. The van der Waals surface area contributed by atoms with Gasteiger partial charge in [0.25, 0.3) is 0 Å². The molecule has 28 heavy (non-hydrogen) atoms. The number of hydrogen-bond acceptors (Lipinski definition) is 4. The first-order valence-corrected chi connectivity index (χ1v) is 10.4. The third kappa shape index (κ3) is 4.86. The number of aryl methyl sites for hydroxylation is 2. The van der Waals surface area contributed by atoms with Crippen LogP contribution >= 0.6 is 11.3 Å². The number of aromatic nitrogens is 1. The Hall–Kier alpha value is -2.50. The van der Waals surface area contributed by atoms with E-state index < -0.39 is 0 Å². The van der Waals surface area contributed by atoms with Gasteiger partial charge in [0, 0.05) is 31.0 Å². The van der Waals surface area contributed by atoms with Gasteiger partial charge in [0.15, 0.2) is 0 Å². The Morgan fingerprint density at radius 2 is 1.89 bits per heavy atom. The maximum absolute atomic E-state index is 9.18. The summed E-state index contributed by atoms with van der Waals surface area (Å²) in [5.74, 6) is 0.